The Morgan fingerprint density at radius 1 is 1.23 bits per heavy atom. The Bertz CT molecular complexity index is 1320. The number of likely N-dealkylation sites (tertiary alicyclic amines) is 1. The minimum atomic E-state index is -1.01. The Balaban J connectivity index is 1.12. The third-order valence-corrected chi connectivity index (χ3v) is 7.86. The maximum Gasteiger partial charge on any atom is 0.326 e. The lowest BCUT2D eigenvalue weighted by molar-refractivity contribution is -0.139. The number of nitrogens with one attached hydrogen (secondary N) is 2. The molecule has 0 bridgehead atoms. The number of pyridine rings is 1. The molecule has 2 aliphatic heterocycles. The fourth-order valence-corrected chi connectivity index (χ4v) is 5.77. The number of carbonyl (C=O) groups is 2. The van der Waals surface area contributed by atoms with Gasteiger partial charge in [0.05, 0.1) is 11.1 Å². The van der Waals surface area contributed by atoms with Gasteiger partial charge in [0.25, 0.3) is 5.91 Å². The number of carbonyl (C=O) groups excluding carboxylic acids is 1. The van der Waals surface area contributed by atoms with Crippen LogP contribution < -0.4 is 10.6 Å². The van der Waals surface area contributed by atoms with E-state index in [2.05, 4.69) is 46.6 Å². The number of fused-ring (bicyclic) bond motifs is 2. The van der Waals surface area contributed by atoms with E-state index in [9.17, 15) is 14.7 Å². The van der Waals surface area contributed by atoms with Gasteiger partial charge in [-0.2, -0.15) is 5.10 Å². The summed E-state index contributed by atoms with van der Waals surface area (Å²) in [6, 6.07) is 8.83. The van der Waals surface area contributed by atoms with E-state index in [1.165, 1.54) is 12.0 Å². The Hall–Kier alpha value is -3.46. The first kappa shape index (κ1) is 27.1. The van der Waals surface area contributed by atoms with Crippen LogP contribution in [0, 0.1) is 11.8 Å². The third-order valence-electron chi connectivity index (χ3n) is 7.86. The fourth-order valence-electron chi connectivity index (χ4n) is 5.77. The van der Waals surface area contributed by atoms with Crippen molar-refractivity contribution in [3.8, 4) is 0 Å². The van der Waals surface area contributed by atoms with Crippen LogP contribution in [0.25, 0.3) is 10.9 Å². The van der Waals surface area contributed by atoms with Gasteiger partial charge < -0.3 is 20.6 Å². The van der Waals surface area contributed by atoms with Crippen LogP contribution >= 0.6 is 0 Å². The molecule has 3 aromatic rings. The van der Waals surface area contributed by atoms with Crippen molar-refractivity contribution in [2.75, 3.05) is 31.5 Å². The number of carboxylic acids is 1. The van der Waals surface area contributed by atoms with Crippen molar-refractivity contribution in [3.63, 3.8) is 0 Å². The number of benzene rings is 1. The van der Waals surface area contributed by atoms with E-state index in [0.717, 1.165) is 74.3 Å². The van der Waals surface area contributed by atoms with E-state index in [0.29, 0.717) is 30.4 Å². The summed E-state index contributed by atoms with van der Waals surface area (Å²) in [5.41, 5.74) is 3.65. The summed E-state index contributed by atoms with van der Waals surface area (Å²) in [5, 5.41) is 21.3. The lowest BCUT2D eigenvalue weighted by Gasteiger charge is -2.20. The molecule has 0 saturated carbocycles. The molecular formula is C30H40N6O3. The molecule has 1 saturated heterocycles. The van der Waals surface area contributed by atoms with Gasteiger partial charge in [-0.1, -0.05) is 26.0 Å². The van der Waals surface area contributed by atoms with Gasteiger partial charge in [-0.3, -0.25) is 9.48 Å². The van der Waals surface area contributed by atoms with Gasteiger partial charge >= 0.3 is 5.97 Å². The van der Waals surface area contributed by atoms with Crippen LogP contribution in [0.5, 0.6) is 0 Å². The molecule has 4 heterocycles. The molecule has 2 aliphatic rings. The molecule has 1 amide bonds. The number of aliphatic carboxylic acids is 1. The SMILES string of the molecule is CC(C)Cn1cc2c(C(=O)NC(CCN3CCC(CCc4ccc5c(n4)NCCC5)C3)C(=O)O)cccc2n1. The van der Waals surface area contributed by atoms with Crippen molar-refractivity contribution in [1.82, 2.24) is 25.0 Å². The van der Waals surface area contributed by atoms with Gasteiger partial charge in [0, 0.05) is 43.5 Å². The molecule has 39 heavy (non-hydrogen) atoms. The summed E-state index contributed by atoms with van der Waals surface area (Å²) in [6.45, 7) is 8.54. The first-order chi connectivity index (χ1) is 18.9. The topological polar surface area (TPSA) is 112 Å². The highest BCUT2D eigenvalue weighted by Crippen LogP contribution is 2.24. The number of nitrogens with zero attached hydrogens (tertiary/aromatic N) is 4. The molecule has 0 aliphatic carbocycles. The smallest absolute Gasteiger partial charge is 0.326 e. The maximum atomic E-state index is 13.1. The monoisotopic (exact) mass is 532 g/mol. The van der Waals surface area contributed by atoms with Crippen LogP contribution in [-0.2, 0) is 24.2 Å². The third kappa shape index (κ3) is 6.76. The van der Waals surface area contributed by atoms with Crippen molar-refractivity contribution in [1.29, 1.82) is 0 Å². The number of aromatic nitrogens is 3. The average molecular weight is 533 g/mol. The molecule has 2 atom stereocenters. The van der Waals surface area contributed by atoms with Crippen LogP contribution in [0.3, 0.4) is 0 Å². The Morgan fingerprint density at radius 2 is 2.10 bits per heavy atom. The van der Waals surface area contributed by atoms with Crippen molar-refractivity contribution < 1.29 is 14.7 Å². The molecular weight excluding hydrogens is 492 g/mol. The van der Waals surface area contributed by atoms with Gasteiger partial charge in [-0.15, -0.1) is 0 Å². The van der Waals surface area contributed by atoms with Crippen molar-refractivity contribution in [3.05, 3.63) is 53.3 Å². The number of carboxylic acid groups (broad SMARTS) is 1. The van der Waals surface area contributed by atoms with Crippen molar-refractivity contribution in [2.45, 2.75) is 65.0 Å². The summed E-state index contributed by atoms with van der Waals surface area (Å²) < 4.78 is 1.85. The summed E-state index contributed by atoms with van der Waals surface area (Å²) in [6.07, 6.45) is 7.66. The molecule has 9 nitrogen and oxygen atoms in total. The van der Waals surface area contributed by atoms with Crippen molar-refractivity contribution in [2.24, 2.45) is 11.8 Å². The van der Waals surface area contributed by atoms with E-state index in [4.69, 9.17) is 4.98 Å². The first-order valence-electron chi connectivity index (χ1n) is 14.3. The van der Waals surface area contributed by atoms with Crippen LogP contribution in [0.2, 0.25) is 0 Å². The Labute approximate surface area is 230 Å². The summed E-state index contributed by atoms with van der Waals surface area (Å²) in [5.74, 6) is 0.677. The molecule has 9 heteroatoms. The number of aryl methyl sites for hydroxylation is 2. The summed E-state index contributed by atoms with van der Waals surface area (Å²) >= 11 is 0. The highest BCUT2D eigenvalue weighted by molar-refractivity contribution is 6.07. The molecule has 1 aromatic carbocycles. The fraction of sp³-hybridized carbons (Fsp3) is 0.533. The normalized spacial score (nSPS) is 18.2. The zero-order chi connectivity index (χ0) is 27.4. The largest absolute Gasteiger partial charge is 0.480 e. The van der Waals surface area contributed by atoms with E-state index in [-0.39, 0.29) is 5.91 Å². The van der Waals surface area contributed by atoms with Crippen LogP contribution in [0.15, 0.2) is 36.5 Å². The van der Waals surface area contributed by atoms with E-state index in [1.807, 2.05) is 16.9 Å². The zero-order valence-corrected chi connectivity index (χ0v) is 23.0. The molecule has 0 radical (unpaired) electrons. The highest BCUT2D eigenvalue weighted by Gasteiger charge is 2.27. The molecule has 1 fully saturated rings. The highest BCUT2D eigenvalue weighted by atomic mass is 16.4. The quantitative estimate of drug-likeness (QED) is 0.343. The second kappa shape index (κ2) is 12.2. The van der Waals surface area contributed by atoms with Crippen molar-refractivity contribution >= 4 is 28.6 Å². The Kier molecular flexibility index (Phi) is 8.45. The van der Waals surface area contributed by atoms with E-state index in [1.54, 1.807) is 12.1 Å². The maximum absolute atomic E-state index is 13.1. The van der Waals surface area contributed by atoms with Crippen LogP contribution in [0.1, 0.15) is 61.1 Å². The molecule has 2 aromatic heterocycles. The van der Waals surface area contributed by atoms with Crippen LogP contribution in [-0.4, -0.2) is 68.9 Å². The number of anilines is 1. The summed E-state index contributed by atoms with van der Waals surface area (Å²) in [4.78, 5) is 32.3. The lowest BCUT2D eigenvalue weighted by atomic mass is 10.00. The second-order valence-corrected chi connectivity index (χ2v) is 11.5. The second-order valence-electron chi connectivity index (χ2n) is 11.5. The van der Waals surface area contributed by atoms with Crippen LogP contribution in [0.4, 0.5) is 5.82 Å². The van der Waals surface area contributed by atoms with Gasteiger partial charge in [0.1, 0.15) is 11.9 Å². The van der Waals surface area contributed by atoms with E-state index >= 15 is 0 Å². The number of hydrogen-bond acceptors (Lipinski definition) is 6. The summed E-state index contributed by atoms with van der Waals surface area (Å²) in [7, 11) is 0. The van der Waals surface area contributed by atoms with E-state index < -0.39 is 12.0 Å². The predicted octanol–water partition coefficient (Wildman–Crippen LogP) is 3.97. The molecule has 0 spiro atoms. The number of hydrogen-bond donors (Lipinski definition) is 3. The molecule has 5 rings (SSSR count). The molecule has 3 N–H and O–H groups in total. The first-order valence-corrected chi connectivity index (χ1v) is 14.3. The van der Waals surface area contributed by atoms with Gasteiger partial charge in [0.2, 0.25) is 0 Å². The minimum absolute atomic E-state index is 0.369. The Morgan fingerprint density at radius 3 is 2.92 bits per heavy atom. The zero-order valence-electron chi connectivity index (χ0n) is 23.0. The average Bonchev–Trinajstić information content (AvgIpc) is 3.55. The van der Waals surface area contributed by atoms with Gasteiger partial charge in [-0.05, 0) is 80.7 Å². The van der Waals surface area contributed by atoms with Gasteiger partial charge in [0.15, 0.2) is 0 Å². The lowest BCUT2D eigenvalue weighted by Crippen LogP contribution is -2.43. The number of rotatable bonds is 11. The molecule has 2 unspecified atom stereocenters. The minimum Gasteiger partial charge on any atom is -0.480 e. The predicted molar refractivity (Wildman–Crippen MR) is 152 cm³/mol. The van der Waals surface area contributed by atoms with Gasteiger partial charge in [-0.25, -0.2) is 9.78 Å². The standard InChI is InChI=1S/C30H40N6O3/c1-20(2)17-36-19-25-24(6-3-7-26(25)34-36)29(37)33-27(30(38)39)13-16-35-15-12-21(18-35)8-10-23-11-9-22-5-4-14-31-28(22)32-23/h3,6-7,9,11,19-21,27H,4-5,8,10,12-18H2,1-2H3,(H,31,32)(H,33,37)(H,38,39). The molecule has 208 valence electrons. The number of amides is 1.